The van der Waals surface area contributed by atoms with Gasteiger partial charge in [0.25, 0.3) is 11.6 Å². The van der Waals surface area contributed by atoms with Gasteiger partial charge in [-0.3, -0.25) is 14.9 Å². The van der Waals surface area contributed by atoms with Crippen molar-refractivity contribution in [3.63, 3.8) is 0 Å². The molecule has 0 N–H and O–H groups in total. The standard InChI is InChI=1S/C27H28F3N3O5S2/c1-18-10-11-26(2,3)24(16-18)39-22-9-8-21(33(35)36)17-23(22)40(37,38)32-14-12-31(13-15-32)25(34)19-4-6-20(7-5-19)27(28,29)30/h4-11,16-17,24H,12-15H2,1-3H3. The summed E-state index contributed by atoms with van der Waals surface area (Å²) < 4.78 is 67.3. The van der Waals surface area contributed by atoms with Crippen molar-refractivity contribution >= 4 is 33.4 Å². The number of hydrogen-bond acceptors (Lipinski definition) is 6. The molecule has 1 aliphatic carbocycles. The summed E-state index contributed by atoms with van der Waals surface area (Å²) in [6, 6.07) is 7.66. The monoisotopic (exact) mass is 595 g/mol. The topological polar surface area (TPSA) is 101 Å². The quantitative estimate of drug-likeness (QED) is 0.311. The molecule has 0 spiro atoms. The van der Waals surface area contributed by atoms with Gasteiger partial charge in [0.1, 0.15) is 4.90 Å². The lowest BCUT2D eigenvalue weighted by Gasteiger charge is -2.35. The summed E-state index contributed by atoms with van der Waals surface area (Å²) >= 11 is 1.32. The highest BCUT2D eigenvalue weighted by atomic mass is 32.2. The van der Waals surface area contributed by atoms with Crippen LogP contribution in [0.4, 0.5) is 18.9 Å². The van der Waals surface area contributed by atoms with E-state index in [4.69, 9.17) is 0 Å². The number of alkyl halides is 3. The van der Waals surface area contributed by atoms with Crippen LogP contribution in [0.5, 0.6) is 0 Å². The zero-order chi connectivity index (χ0) is 29.5. The maximum Gasteiger partial charge on any atom is 0.416 e. The first-order valence-electron chi connectivity index (χ1n) is 12.4. The summed E-state index contributed by atoms with van der Waals surface area (Å²) in [5.74, 6) is -0.507. The molecule has 40 heavy (non-hydrogen) atoms. The van der Waals surface area contributed by atoms with Crippen molar-refractivity contribution in [1.29, 1.82) is 0 Å². The summed E-state index contributed by atoms with van der Waals surface area (Å²) in [5, 5.41) is 11.4. The minimum absolute atomic E-state index is 0.0128. The van der Waals surface area contributed by atoms with Crippen molar-refractivity contribution < 1.29 is 31.3 Å². The third kappa shape index (κ3) is 6.26. The molecule has 1 heterocycles. The minimum Gasteiger partial charge on any atom is -0.336 e. The van der Waals surface area contributed by atoms with Crippen LogP contribution >= 0.6 is 11.8 Å². The lowest BCUT2D eigenvalue weighted by Crippen LogP contribution is -2.50. The van der Waals surface area contributed by atoms with Crippen LogP contribution in [-0.2, 0) is 16.2 Å². The number of nitrogens with zero attached hydrogens (tertiary/aromatic N) is 3. The number of rotatable bonds is 6. The molecule has 1 atom stereocenters. The molecule has 0 radical (unpaired) electrons. The fraction of sp³-hybridized carbons (Fsp3) is 0.370. The van der Waals surface area contributed by atoms with Crippen molar-refractivity contribution in [2.24, 2.45) is 5.41 Å². The largest absolute Gasteiger partial charge is 0.416 e. The SMILES string of the molecule is CC1=CC(Sc2ccc([N+](=O)[O-])cc2S(=O)(=O)N2CCN(C(=O)c3ccc(C(F)(F)F)cc3)CC2)C(C)(C)C=C1. The Morgan fingerprint density at radius 2 is 1.70 bits per heavy atom. The van der Waals surface area contributed by atoms with Gasteiger partial charge in [0.15, 0.2) is 0 Å². The smallest absolute Gasteiger partial charge is 0.336 e. The van der Waals surface area contributed by atoms with Crippen molar-refractivity contribution in [1.82, 2.24) is 9.21 Å². The number of non-ortho nitro benzene ring substituents is 1. The molecule has 0 bridgehead atoms. The predicted molar refractivity (Wildman–Crippen MR) is 146 cm³/mol. The number of carbonyl (C=O) groups is 1. The highest BCUT2D eigenvalue weighted by Gasteiger charge is 2.36. The summed E-state index contributed by atoms with van der Waals surface area (Å²) in [6.45, 7) is 5.87. The van der Waals surface area contributed by atoms with E-state index in [0.29, 0.717) is 4.90 Å². The number of sulfonamides is 1. The second kappa shape index (κ2) is 11.0. The molecule has 2 aromatic rings. The number of thioether (sulfide) groups is 1. The van der Waals surface area contributed by atoms with Gasteiger partial charge in [0.05, 0.1) is 10.5 Å². The van der Waals surface area contributed by atoms with Gasteiger partial charge in [-0.2, -0.15) is 17.5 Å². The molecule has 0 aromatic heterocycles. The zero-order valence-electron chi connectivity index (χ0n) is 22.0. The molecule has 2 aliphatic rings. The van der Waals surface area contributed by atoms with E-state index < -0.39 is 32.6 Å². The Hall–Kier alpha value is -3.16. The Morgan fingerprint density at radius 1 is 1.07 bits per heavy atom. The van der Waals surface area contributed by atoms with E-state index in [2.05, 4.69) is 0 Å². The van der Waals surface area contributed by atoms with E-state index in [0.717, 1.165) is 35.9 Å². The van der Waals surface area contributed by atoms with Gasteiger partial charge in [-0.25, -0.2) is 8.42 Å². The number of halogens is 3. The van der Waals surface area contributed by atoms with Crippen LogP contribution in [-0.4, -0.2) is 59.9 Å². The van der Waals surface area contributed by atoms with Gasteiger partial charge in [-0.1, -0.05) is 37.6 Å². The fourth-order valence-electron chi connectivity index (χ4n) is 4.44. The van der Waals surface area contributed by atoms with Crippen molar-refractivity contribution in [3.05, 3.63) is 87.5 Å². The second-order valence-electron chi connectivity index (χ2n) is 10.3. The van der Waals surface area contributed by atoms with Gasteiger partial charge < -0.3 is 4.90 Å². The molecule has 0 saturated carbocycles. The number of carbonyl (C=O) groups excluding carboxylic acids is 1. The molecular weight excluding hydrogens is 567 g/mol. The number of nitro benzene ring substituents is 1. The van der Waals surface area contributed by atoms with Crippen molar-refractivity contribution in [3.8, 4) is 0 Å². The Bertz CT molecular complexity index is 1480. The highest BCUT2D eigenvalue weighted by molar-refractivity contribution is 8.00. The molecule has 1 amide bonds. The summed E-state index contributed by atoms with van der Waals surface area (Å²) in [6.07, 6.45) is 1.56. The van der Waals surface area contributed by atoms with E-state index in [9.17, 15) is 36.5 Å². The van der Waals surface area contributed by atoms with E-state index >= 15 is 0 Å². The molecule has 1 fully saturated rings. The Balaban J connectivity index is 1.55. The highest BCUT2D eigenvalue weighted by Crippen LogP contribution is 2.43. The predicted octanol–water partition coefficient (Wildman–Crippen LogP) is 5.76. The van der Waals surface area contributed by atoms with Gasteiger partial charge in [0, 0.05) is 54.0 Å². The van der Waals surface area contributed by atoms with E-state index in [-0.39, 0.29) is 53.0 Å². The second-order valence-corrected chi connectivity index (χ2v) is 13.4. The average molecular weight is 596 g/mol. The van der Waals surface area contributed by atoms with Crippen molar-refractivity contribution in [2.75, 3.05) is 26.2 Å². The molecule has 4 rings (SSSR count). The van der Waals surface area contributed by atoms with E-state index in [1.165, 1.54) is 33.1 Å². The number of piperazine rings is 1. The van der Waals surface area contributed by atoms with Crippen molar-refractivity contribution in [2.45, 2.75) is 42.0 Å². The molecule has 1 aliphatic heterocycles. The Kier molecular flexibility index (Phi) is 8.21. The number of amides is 1. The lowest BCUT2D eigenvalue weighted by molar-refractivity contribution is -0.385. The van der Waals surface area contributed by atoms with Crippen LogP contribution in [0, 0.1) is 15.5 Å². The summed E-state index contributed by atoms with van der Waals surface area (Å²) in [5.41, 5.74) is -0.430. The average Bonchev–Trinajstić information content (AvgIpc) is 2.90. The normalized spacial score (nSPS) is 19.8. The number of allylic oxidation sites excluding steroid dienone is 3. The number of benzene rings is 2. The summed E-state index contributed by atoms with van der Waals surface area (Å²) in [7, 11) is -4.18. The van der Waals surface area contributed by atoms with Gasteiger partial charge in [-0.15, -0.1) is 11.8 Å². The zero-order valence-corrected chi connectivity index (χ0v) is 23.6. The first kappa shape index (κ1) is 29.8. The molecule has 2 aromatic carbocycles. The van der Waals surface area contributed by atoms with Crippen LogP contribution in [0.1, 0.15) is 36.7 Å². The molecule has 1 unspecified atom stereocenters. The fourth-order valence-corrected chi connectivity index (χ4v) is 7.67. The molecule has 8 nitrogen and oxygen atoms in total. The van der Waals surface area contributed by atoms with Crippen LogP contribution in [0.2, 0.25) is 0 Å². The van der Waals surface area contributed by atoms with Crippen LogP contribution in [0.25, 0.3) is 0 Å². The van der Waals surface area contributed by atoms with E-state index in [1.54, 1.807) is 0 Å². The van der Waals surface area contributed by atoms with Crippen LogP contribution in [0.3, 0.4) is 0 Å². The van der Waals surface area contributed by atoms with Gasteiger partial charge in [0.2, 0.25) is 10.0 Å². The van der Waals surface area contributed by atoms with E-state index in [1.807, 2.05) is 39.0 Å². The first-order chi connectivity index (χ1) is 18.6. The molecule has 1 saturated heterocycles. The molecule has 214 valence electrons. The van der Waals surface area contributed by atoms with Crippen LogP contribution in [0.15, 0.2) is 76.1 Å². The Labute approximate surface area is 234 Å². The molecule has 13 heteroatoms. The lowest BCUT2D eigenvalue weighted by atomic mass is 9.84. The van der Waals surface area contributed by atoms with Gasteiger partial charge >= 0.3 is 6.18 Å². The first-order valence-corrected chi connectivity index (χ1v) is 14.7. The maximum absolute atomic E-state index is 13.8. The maximum atomic E-state index is 13.8. The van der Waals surface area contributed by atoms with Gasteiger partial charge in [-0.05, 0) is 42.7 Å². The Morgan fingerprint density at radius 3 is 2.27 bits per heavy atom. The number of nitro groups is 1. The third-order valence-corrected chi connectivity index (χ3v) is 10.6. The minimum atomic E-state index is -4.52. The van der Waals surface area contributed by atoms with Crippen LogP contribution < -0.4 is 0 Å². The number of hydrogen-bond donors (Lipinski definition) is 0. The summed E-state index contributed by atoms with van der Waals surface area (Å²) in [4.78, 5) is 25.3. The molecular formula is C27H28F3N3O5S2. The third-order valence-electron chi connectivity index (χ3n) is 6.92.